The minimum atomic E-state index is -0.956. The van der Waals surface area contributed by atoms with E-state index in [0.717, 1.165) is 23.9 Å². The molecule has 0 radical (unpaired) electrons. The third-order valence-corrected chi connectivity index (χ3v) is 3.70. The molecule has 0 bridgehead atoms. The second-order valence-corrected chi connectivity index (χ2v) is 5.60. The van der Waals surface area contributed by atoms with Gasteiger partial charge in [0, 0.05) is 10.8 Å². The van der Waals surface area contributed by atoms with Gasteiger partial charge in [0.15, 0.2) is 0 Å². The first-order chi connectivity index (χ1) is 8.82. The topological polar surface area (TPSA) is 72.2 Å². The average molecular weight is 288 g/mol. The van der Waals surface area contributed by atoms with Crippen molar-refractivity contribution in [2.24, 2.45) is 5.73 Å². The fraction of sp³-hybridized carbons (Fsp3) is 0.333. The summed E-state index contributed by atoms with van der Waals surface area (Å²) in [5, 5.41) is 0.681. The van der Waals surface area contributed by atoms with Gasteiger partial charge in [0.2, 0.25) is 5.91 Å². The Morgan fingerprint density at radius 1 is 1.26 bits per heavy atom. The van der Waals surface area contributed by atoms with Gasteiger partial charge in [-0.2, -0.15) is 0 Å². The van der Waals surface area contributed by atoms with Gasteiger partial charge in [-0.05, 0) is 26.0 Å². The highest BCUT2D eigenvalue weighted by Crippen LogP contribution is 2.34. The molecular weight excluding hydrogens is 274 g/mol. The first kappa shape index (κ1) is 15.4. The molecule has 2 atom stereocenters. The Hall–Kier alpha value is -1.63. The van der Waals surface area contributed by atoms with E-state index in [1.54, 1.807) is 6.92 Å². The van der Waals surface area contributed by atoms with Gasteiger partial charge >= 0.3 is 6.03 Å². The molecule has 0 fully saturated rings. The molecule has 1 aromatic rings. The van der Waals surface area contributed by atoms with Crippen molar-refractivity contribution in [2.45, 2.75) is 24.3 Å². The fourth-order valence-electron chi connectivity index (χ4n) is 1.56. The lowest BCUT2D eigenvalue weighted by Gasteiger charge is -2.17. The Balaban J connectivity index is 2.77. The average Bonchev–Trinajstić information content (AvgIpc) is 2.27. The predicted molar refractivity (Wildman–Crippen MR) is 69.6 cm³/mol. The third kappa shape index (κ3) is 4.20. The molecule has 1 rings (SSSR count). The van der Waals surface area contributed by atoms with Crippen LogP contribution in [0.2, 0.25) is 0 Å². The number of urea groups is 1. The number of hydrogen-bond acceptors (Lipinski definition) is 3. The van der Waals surface area contributed by atoms with Gasteiger partial charge in [0.05, 0.1) is 5.25 Å². The first-order valence-corrected chi connectivity index (χ1v) is 6.47. The van der Waals surface area contributed by atoms with Crippen molar-refractivity contribution >= 4 is 23.7 Å². The van der Waals surface area contributed by atoms with Crippen LogP contribution in [-0.4, -0.2) is 17.2 Å². The highest BCUT2D eigenvalue weighted by Gasteiger charge is 2.22. The molecule has 104 valence electrons. The van der Waals surface area contributed by atoms with E-state index in [-0.39, 0.29) is 5.56 Å². The summed E-state index contributed by atoms with van der Waals surface area (Å²) in [7, 11) is 0. The zero-order chi connectivity index (χ0) is 14.6. The van der Waals surface area contributed by atoms with Crippen LogP contribution in [0.15, 0.2) is 18.2 Å². The van der Waals surface area contributed by atoms with Crippen molar-refractivity contribution in [3.05, 3.63) is 35.4 Å². The maximum Gasteiger partial charge on any atom is 0.318 e. The fourth-order valence-corrected chi connectivity index (χ4v) is 2.71. The summed E-state index contributed by atoms with van der Waals surface area (Å²) in [4.78, 5) is 22.0. The summed E-state index contributed by atoms with van der Waals surface area (Å²) < 4.78 is 27.1. The molecule has 3 amide bonds. The number of hydrogen-bond donors (Lipinski definition) is 2. The molecule has 19 heavy (non-hydrogen) atoms. The Morgan fingerprint density at radius 2 is 1.79 bits per heavy atom. The number of imide groups is 1. The van der Waals surface area contributed by atoms with Crippen molar-refractivity contribution in [1.82, 2.24) is 5.32 Å². The molecule has 0 saturated carbocycles. The van der Waals surface area contributed by atoms with Gasteiger partial charge in [-0.25, -0.2) is 13.6 Å². The Morgan fingerprint density at radius 3 is 2.26 bits per heavy atom. The Kier molecular flexibility index (Phi) is 5.29. The van der Waals surface area contributed by atoms with Gasteiger partial charge in [0.25, 0.3) is 0 Å². The lowest BCUT2D eigenvalue weighted by Crippen LogP contribution is -2.39. The monoisotopic (exact) mass is 288 g/mol. The van der Waals surface area contributed by atoms with E-state index < -0.39 is 34.1 Å². The minimum Gasteiger partial charge on any atom is -0.351 e. The molecule has 0 aliphatic rings. The second kappa shape index (κ2) is 6.51. The third-order valence-electron chi connectivity index (χ3n) is 2.43. The number of thioether (sulfide) groups is 1. The normalized spacial score (nSPS) is 13.7. The number of halogens is 2. The van der Waals surface area contributed by atoms with E-state index in [1.807, 2.05) is 5.32 Å². The SMILES string of the molecule is C[C@H](S[C@H](C)c1c(F)cccc1F)C(=O)NC(N)=O. The molecule has 0 aliphatic heterocycles. The summed E-state index contributed by atoms with van der Waals surface area (Å²) in [6, 6.07) is 2.63. The van der Waals surface area contributed by atoms with Gasteiger partial charge < -0.3 is 5.73 Å². The van der Waals surface area contributed by atoms with E-state index in [0.29, 0.717) is 0 Å². The molecule has 4 nitrogen and oxygen atoms in total. The summed E-state index contributed by atoms with van der Waals surface area (Å²) in [5.41, 5.74) is 4.73. The molecule has 0 aromatic heterocycles. The second-order valence-electron chi connectivity index (χ2n) is 3.91. The molecule has 7 heteroatoms. The highest BCUT2D eigenvalue weighted by atomic mass is 32.2. The van der Waals surface area contributed by atoms with Crippen LogP contribution in [0.3, 0.4) is 0 Å². The van der Waals surface area contributed by atoms with E-state index in [9.17, 15) is 18.4 Å². The van der Waals surface area contributed by atoms with E-state index >= 15 is 0 Å². The van der Waals surface area contributed by atoms with Crippen molar-refractivity contribution in [3.63, 3.8) is 0 Å². The molecule has 1 aromatic carbocycles. The summed E-state index contributed by atoms with van der Waals surface area (Å²) in [6.07, 6.45) is 0. The van der Waals surface area contributed by atoms with Crippen LogP contribution in [0, 0.1) is 11.6 Å². The zero-order valence-electron chi connectivity index (χ0n) is 10.4. The maximum atomic E-state index is 13.5. The van der Waals surface area contributed by atoms with Gasteiger partial charge in [-0.15, -0.1) is 11.8 Å². The summed E-state index contributed by atoms with van der Waals surface area (Å²) >= 11 is 1.03. The number of benzene rings is 1. The molecule has 0 unspecified atom stereocenters. The van der Waals surface area contributed by atoms with Crippen LogP contribution in [0.1, 0.15) is 24.7 Å². The molecular formula is C12H14F2N2O2S. The lowest BCUT2D eigenvalue weighted by molar-refractivity contribution is -0.119. The van der Waals surface area contributed by atoms with Crippen LogP contribution in [0.5, 0.6) is 0 Å². The molecule has 0 aliphatic carbocycles. The number of primary amides is 1. The summed E-state index contributed by atoms with van der Waals surface area (Å²) in [6.45, 7) is 3.11. The predicted octanol–water partition coefficient (Wildman–Crippen LogP) is 2.34. The Labute approximate surface area is 113 Å². The number of amides is 3. The first-order valence-electron chi connectivity index (χ1n) is 5.52. The van der Waals surface area contributed by atoms with E-state index in [2.05, 4.69) is 0 Å². The smallest absolute Gasteiger partial charge is 0.318 e. The van der Waals surface area contributed by atoms with Gasteiger partial charge in [0.1, 0.15) is 11.6 Å². The quantitative estimate of drug-likeness (QED) is 0.893. The largest absolute Gasteiger partial charge is 0.351 e. The van der Waals surface area contributed by atoms with Crippen LogP contribution >= 0.6 is 11.8 Å². The van der Waals surface area contributed by atoms with Gasteiger partial charge in [-0.3, -0.25) is 10.1 Å². The lowest BCUT2D eigenvalue weighted by atomic mass is 10.1. The standard InChI is InChI=1S/C12H14F2N2O2S/c1-6(10-8(13)4-3-5-9(10)14)19-7(2)11(17)16-12(15)18/h3-7H,1-2H3,(H3,15,16,17,18)/t6-,7+/m1/s1. The number of carbonyl (C=O) groups is 2. The molecule has 0 spiro atoms. The molecule has 3 N–H and O–H groups in total. The number of rotatable bonds is 4. The van der Waals surface area contributed by atoms with Crippen molar-refractivity contribution in [1.29, 1.82) is 0 Å². The highest BCUT2D eigenvalue weighted by molar-refractivity contribution is 8.00. The van der Waals surface area contributed by atoms with Crippen LogP contribution in [0.25, 0.3) is 0 Å². The van der Waals surface area contributed by atoms with E-state index in [1.165, 1.54) is 13.0 Å². The van der Waals surface area contributed by atoms with Crippen molar-refractivity contribution in [2.75, 3.05) is 0 Å². The number of nitrogens with two attached hydrogens (primary N) is 1. The zero-order valence-corrected chi connectivity index (χ0v) is 11.3. The van der Waals surface area contributed by atoms with Crippen LogP contribution in [-0.2, 0) is 4.79 Å². The molecule has 0 saturated heterocycles. The number of nitrogens with one attached hydrogen (secondary N) is 1. The van der Waals surface area contributed by atoms with Crippen LogP contribution < -0.4 is 11.1 Å². The summed E-state index contributed by atoms with van der Waals surface area (Å²) in [5.74, 6) is -1.92. The van der Waals surface area contributed by atoms with E-state index in [4.69, 9.17) is 5.73 Å². The van der Waals surface area contributed by atoms with Crippen LogP contribution in [0.4, 0.5) is 13.6 Å². The Bertz CT molecular complexity index is 476. The number of carbonyl (C=O) groups excluding carboxylic acids is 2. The minimum absolute atomic E-state index is 0.0915. The van der Waals surface area contributed by atoms with Crippen molar-refractivity contribution in [3.8, 4) is 0 Å². The maximum absolute atomic E-state index is 13.5. The molecule has 0 heterocycles. The van der Waals surface area contributed by atoms with Gasteiger partial charge in [-0.1, -0.05) is 6.07 Å². The van der Waals surface area contributed by atoms with Crippen molar-refractivity contribution < 1.29 is 18.4 Å².